The normalized spacial score (nSPS) is 9.57. The van der Waals surface area contributed by atoms with Gasteiger partial charge >= 0.3 is 0 Å². The molecule has 0 fully saturated rings. The first kappa shape index (κ1) is 14.9. The Hall–Kier alpha value is -3.01. The lowest BCUT2D eigenvalue weighted by Gasteiger charge is -1.97. The molecule has 0 spiro atoms. The van der Waals surface area contributed by atoms with Crippen molar-refractivity contribution in [2.24, 2.45) is 0 Å². The molecule has 1 aromatic carbocycles. The molecule has 0 saturated carbocycles. The molecule has 0 unspecified atom stereocenters. The Bertz CT molecular complexity index is 906. The lowest BCUT2D eigenvalue weighted by molar-refractivity contribution is 0.415. The number of benzene rings is 1. The zero-order valence-corrected chi connectivity index (χ0v) is 13.4. The third kappa shape index (κ3) is 3.43. The number of aromatic nitrogens is 1. The molecule has 0 saturated heterocycles. The quantitative estimate of drug-likeness (QED) is 0.661. The third-order valence-electron chi connectivity index (χ3n) is 3.21. The van der Waals surface area contributed by atoms with Crippen LogP contribution in [0.4, 0.5) is 0 Å². The molecule has 3 rings (SSSR count). The van der Waals surface area contributed by atoms with Crippen molar-refractivity contribution in [3.05, 3.63) is 70.7 Å². The summed E-state index contributed by atoms with van der Waals surface area (Å²) < 4.78 is 5.14. The van der Waals surface area contributed by atoms with Crippen LogP contribution in [0.5, 0.6) is 5.75 Å². The number of hydrogen-bond acceptors (Lipinski definition) is 3. The van der Waals surface area contributed by atoms with Crippen molar-refractivity contribution in [3.8, 4) is 40.5 Å². The number of thiophene rings is 1. The van der Waals surface area contributed by atoms with Crippen LogP contribution in [0.1, 0.15) is 16.0 Å². The highest BCUT2D eigenvalue weighted by atomic mass is 32.1. The number of nitrogens with zero attached hydrogens (tertiary/aromatic N) is 1. The second-order valence-corrected chi connectivity index (χ2v) is 5.74. The van der Waals surface area contributed by atoms with Gasteiger partial charge < -0.3 is 4.74 Å². The van der Waals surface area contributed by atoms with Gasteiger partial charge in [-0.3, -0.25) is 4.98 Å². The zero-order valence-electron chi connectivity index (χ0n) is 12.5. The molecule has 110 valence electrons. The molecule has 2 heterocycles. The third-order valence-corrected chi connectivity index (χ3v) is 4.28. The molecule has 23 heavy (non-hydrogen) atoms. The molecule has 2 aromatic heterocycles. The van der Waals surface area contributed by atoms with Crippen molar-refractivity contribution in [1.82, 2.24) is 4.98 Å². The minimum atomic E-state index is 0.818. The average molecular weight is 315 g/mol. The summed E-state index contributed by atoms with van der Waals surface area (Å²) in [5, 5.41) is 0. The van der Waals surface area contributed by atoms with Gasteiger partial charge in [0.25, 0.3) is 0 Å². The fourth-order valence-electron chi connectivity index (χ4n) is 2.06. The molecule has 0 aliphatic carbocycles. The van der Waals surface area contributed by atoms with Crippen molar-refractivity contribution in [1.29, 1.82) is 0 Å². The molecular weight excluding hydrogens is 302 g/mol. The van der Waals surface area contributed by atoms with Gasteiger partial charge in [-0.25, -0.2) is 0 Å². The first-order valence-corrected chi connectivity index (χ1v) is 7.79. The summed E-state index contributed by atoms with van der Waals surface area (Å²) in [6, 6.07) is 15.4. The Morgan fingerprint density at radius 2 is 1.91 bits per heavy atom. The molecule has 3 aromatic rings. The van der Waals surface area contributed by atoms with Crippen LogP contribution < -0.4 is 4.74 Å². The fraction of sp³-hybridized carbons (Fsp3) is 0.0500. The second-order valence-electron chi connectivity index (χ2n) is 4.69. The Morgan fingerprint density at radius 1 is 1.09 bits per heavy atom. The monoisotopic (exact) mass is 315 g/mol. The van der Waals surface area contributed by atoms with Crippen LogP contribution in [0, 0.1) is 24.2 Å². The van der Waals surface area contributed by atoms with E-state index in [0.717, 1.165) is 32.3 Å². The Morgan fingerprint density at radius 3 is 2.57 bits per heavy atom. The Labute approximate surface area is 139 Å². The Kier molecular flexibility index (Phi) is 4.43. The molecule has 2 nitrogen and oxygen atoms in total. The van der Waals surface area contributed by atoms with E-state index >= 15 is 0 Å². The van der Waals surface area contributed by atoms with Gasteiger partial charge in [0.05, 0.1) is 22.6 Å². The minimum Gasteiger partial charge on any atom is -0.497 e. The summed E-state index contributed by atoms with van der Waals surface area (Å²) in [6.45, 7) is 0. The van der Waals surface area contributed by atoms with Gasteiger partial charge in [0, 0.05) is 17.3 Å². The molecule has 0 radical (unpaired) electrons. The minimum absolute atomic E-state index is 0.818. The van der Waals surface area contributed by atoms with Gasteiger partial charge in [0.1, 0.15) is 5.75 Å². The van der Waals surface area contributed by atoms with E-state index in [1.54, 1.807) is 24.6 Å². The summed E-state index contributed by atoms with van der Waals surface area (Å²) >= 11 is 1.56. The van der Waals surface area contributed by atoms with Gasteiger partial charge in [0.2, 0.25) is 0 Å². The maximum absolute atomic E-state index is 5.61. The highest BCUT2D eigenvalue weighted by Gasteiger charge is 2.09. The van der Waals surface area contributed by atoms with Gasteiger partial charge in [0.15, 0.2) is 0 Å². The molecule has 0 amide bonds. The Balaban J connectivity index is 1.92. The maximum atomic E-state index is 5.61. The summed E-state index contributed by atoms with van der Waals surface area (Å²) in [7, 11) is 1.65. The van der Waals surface area contributed by atoms with E-state index in [9.17, 15) is 0 Å². The number of rotatable bonds is 2. The number of methoxy groups -OCH3 is 1. The van der Waals surface area contributed by atoms with E-state index in [1.165, 1.54) is 0 Å². The van der Waals surface area contributed by atoms with Crippen LogP contribution in [-0.4, -0.2) is 12.1 Å². The van der Waals surface area contributed by atoms with E-state index in [-0.39, 0.29) is 0 Å². The maximum Gasteiger partial charge on any atom is 0.118 e. The average Bonchev–Trinajstić information content (AvgIpc) is 3.04. The van der Waals surface area contributed by atoms with Crippen LogP contribution in [0.3, 0.4) is 0 Å². The topological polar surface area (TPSA) is 22.1 Å². The van der Waals surface area contributed by atoms with Crippen LogP contribution in [-0.2, 0) is 0 Å². The van der Waals surface area contributed by atoms with Crippen molar-refractivity contribution in [2.75, 3.05) is 7.11 Å². The number of pyridine rings is 1. The highest BCUT2D eigenvalue weighted by Crippen LogP contribution is 2.30. The zero-order chi connectivity index (χ0) is 16.1. The van der Waals surface area contributed by atoms with Gasteiger partial charge in [-0.05, 0) is 42.5 Å². The first-order valence-electron chi connectivity index (χ1n) is 6.98. The van der Waals surface area contributed by atoms with Gasteiger partial charge in [-0.15, -0.1) is 17.8 Å². The molecule has 0 aliphatic rings. The van der Waals surface area contributed by atoms with Crippen LogP contribution >= 0.6 is 11.3 Å². The van der Waals surface area contributed by atoms with E-state index in [0.29, 0.717) is 0 Å². The number of ether oxygens (including phenoxy) is 1. The highest BCUT2D eigenvalue weighted by molar-refractivity contribution is 7.16. The molecule has 0 aliphatic heterocycles. The van der Waals surface area contributed by atoms with E-state index in [4.69, 9.17) is 11.2 Å². The van der Waals surface area contributed by atoms with E-state index in [1.807, 2.05) is 48.5 Å². The number of hydrogen-bond donors (Lipinski definition) is 0. The first-order chi connectivity index (χ1) is 11.3. The summed E-state index contributed by atoms with van der Waals surface area (Å²) in [6.07, 6.45) is 7.37. The fourth-order valence-corrected chi connectivity index (χ4v) is 3.01. The van der Waals surface area contributed by atoms with Crippen LogP contribution in [0.25, 0.3) is 10.6 Å². The van der Waals surface area contributed by atoms with Crippen molar-refractivity contribution < 1.29 is 4.74 Å². The molecule has 0 N–H and O–H groups in total. The standard InChI is InChI=1S/C20H13NOS/c1-3-16-14-18(23-20(16)19-6-4-5-13-21-19)12-9-15-7-10-17(22-2)11-8-15/h1,4-8,10-11,13-14H,2H3. The summed E-state index contributed by atoms with van der Waals surface area (Å²) in [4.78, 5) is 6.27. The molecular formula is C20H13NOS. The van der Waals surface area contributed by atoms with E-state index in [2.05, 4.69) is 22.7 Å². The SMILES string of the molecule is C#Cc1cc(C#Cc2ccc(OC)cc2)sc1-c1ccccn1. The van der Waals surface area contributed by atoms with Crippen LogP contribution in [0.2, 0.25) is 0 Å². The number of terminal acetylenes is 1. The lowest BCUT2D eigenvalue weighted by atomic mass is 10.2. The van der Waals surface area contributed by atoms with Crippen molar-refractivity contribution >= 4 is 11.3 Å². The lowest BCUT2D eigenvalue weighted by Crippen LogP contribution is -1.81. The predicted molar refractivity (Wildman–Crippen MR) is 94.5 cm³/mol. The van der Waals surface area contributed by atoms with Crippen molar-refractivity contribution in [3.63, 3.8) is 0 Å². The van der Waals surface area contributed by atoms with E-state index < -0.39 is 0 Å². The predicted octanol–water partition coefficient (Wildman–Crippen LogP) is 4.20. The van der Waals surface area contributed by atoms with Gasteiger partial charge in [-0.2, -0.15) is 0 Å². The van der Waals surface area contributed by atoms with Gasteiger partial charge in [-0.1, -0.05) is 23.8 Å². The molecule has 3 heteroatoms. The second kappa shape index (κ2) is 6.83. The van der Waals surface area contributed by atoms with Crippen LogP contribution in [0.15, 0.2) is 54.7 Å². The van der Waals surface area contributed by atoms with Crippen molar-refractivity contribution in [2.45, 2.75) is 0 Å². The molecule has 0 bridgehead atoms. The largest absolute Gasteiger partial charge is 0.497 e. The molecule has 0 atom stereocenters. The summed E-state index contributed by atoms with van der Waals surface area (Å²) in [5.41, 5.74) is 2.64. The smallest absolute Gasteiger partial charge is 0.118 e. The summed E-state index contributed by atoms with van der Waals surface area (Å²) in [5.74, 6) is 9.84.